The first-order chi connectivity index (χ1) is 25.3. The van der Waals surface area contributed by atoms with Gasteiger partial charge in [0.05, 0.1) is 5.56 Å². The highest BCUT2D eigenvalue weighted by atomic mass is 16.3. The minimum Gasteiger partial charge on any atom is -0.455 e. The molecule has 51 heavy (non-hydrogen) atoms. The molecule has 4 nitrogen and oxygen atoms in total. The summed E-state index contributed by atoms with van der Waals surface area (Å²) in [6.45, 7) is 0. The number of rotatable bonds is 5. The molecule has 10 aromatic rings. The van der Waals surface area contributed by atoms with E-state index in [0.29, 0.717) is 17.5 Å². The number of hydrogen-bond donors (Lipinski definition) is 0. The van der Waals surface area contributed by atoms with Crippen LogP contribution in [0.3, 0.4) is 0 Å². The van der Waals surface area contributed by atoms with Crippen molar-refractivity contribution in [2.75, 3.05) is 0 Å². The topological polar surface area (TPSA) is 51.8 Å². The SMILES string of the molecule is c1ccc(-c2ccc3ccccc3c2-c2nc(-c3ccccc3-c3ccc4ccccc4c3)nc(-c3cccc4c3oc3ccccc34)n2)cc1. The molecule has 0 aliphatic carbocycles. The normalized spacial score (nSPS) is 11.5. The third kappa shape index (κ3) is 4.96. The molecule has 0 fully saturated rings. The molecule has 0 aliphatic rings. The van der Waals surface area contributed by atoms with Crippen LogP contribution in [0.2, 0.25) is 0 Å². The first-order valence-corrected chi connectivity index (χ1v) is 17.1. The summed E-state index contributed by atoms with van der Waals surface area (Å²) in [6, 6.07) is 61.0. The summed E-state index contributed by atoms with van der Waals surface area (Å²) in [5, 5.41) is 6.66. The van der Waals surface area contributed by atoms with Crippen LogP contribution in [0.1, 0.15) is 0 Å². The number of para-hydroxylation sites is 2. The van der Waals surface area contributed by atoms with Crippen molar-refractivity contribution in [3.05, 3.63) is 176 Å². The van der Waals surface area contributed by atoms with E-state index in [0.717, 1.165) is 71.7 Å². The second-order valence-electron chi connectivity index (χ2n) is 12.8. The first kappa shape index (κ1) is 29.0. The maximum atomic E-state index is 6.53. The molecule has 10 rings (SSSR count). The Hall–Kier alpha value is -6.91. The zero-order valence-electron chi connectivity index (χ0n) is 27.5. The molecule has 0 atom stereocenters. The van der Waals surface area contributed by atoms with Crippen LogP contribution < -0.4 is 0 Å². The van der Waals surface area contributed by atoms with Crippen molar-refractivity contribution in [3.8, 4) is 56.4 Å². The van der Waals surface area contributed by atoms with E-state index in [2.05, 4.69) is 146 Å². The second-order valence-corrected chi connectivity index (χ2v) is 12.8. The zero-order chi connectivity index (χ0) is 33.7. The van der Waals surface area contributed by atoms with Gasteiger partial charge in [0.15, 0.2) is 17.5 Å². The Morgan fingerprint density at radius 1 is 0.333 bits per heavy atom. The van der Waals surface area contributed by atoms with Crippen LogP contribution in [0.5, 0.6) is 0 Å². The number of nitrogens with zero attached hydrogens (tertiary/aromatic N) is 3. The van der Waals surface area contributed by atoms with Gasteiger partial charge in [-0.2, -0.15) is 0 Å². The van der Waals surface area contributed by atoms with Crippen LogP contribution in [-0.4, -0.2) is 15.0 Å². The molecule has 8 aromatic carbocycles. The van der Waals surface area contributed by atoms with Crippen molar-refractivity contribution in [2.45, 2.75) is 0 Å². The third-order valence-electron chi connectivity index (χ3n) is 9.75. The standard InChI is InChI=1S/C47H29N3O/c1-2-14-31(15-3-1)37-28-27-32-16-6-7-19-36(32)43(37)47-49-45(40-21-9-8-18-35(40)34-26-25-30-13-4-5-17-33(30)29-34)48-46(50-47)41-23-12-22-39-38-20-10-11-24-42(38)51-44(39)41/h1-29H. The zero-order valence-corrected chi connectivity index (χ0v) is 27.5. The fraction of sp³-hybridized carbons (Fsp3) is 0. The lowest BCUT2D eigenvalue weighted by Gasteiger charge is -2.16. The summed E-state index contributed by atoms with van der Waals surface area (Å²) in [6.07, 6.45) is 0. The van der Waals surface area contributed by atoms with E-state index in [1.54, 1.807) is 0 Å². The van der Waals surface area contributed by atoms with Gasteiger partial charge < -0.3 is 4.42 Å². The molecule has 238 valence electrons. The Kier molecular flexibility index (Phi) is 6.78. The minimum absolute atomic E-state index is 0.555. The van der Waals surface area contributed by atoms with Crippen molar-refractivity contribution in [3.63, 3.8) is 0 Å². The summed E-state index contributed by atoms with van der Waals surface area (Å²) in [7, 11) is 0. The van der Waals surface area contributed by atoms with E-state index >= 15 is 0 Å². The lowest BCUT2D eigenvalue weighted by Crippen LogP contribution is -2.02. The lowest BCUT2D eigenvalue weighted by molar-refractivity contribution is 0.669. The molecular weight excluding hydrogens is 623 g/mol. The molecule has 2 aromatic heterocycles. The van der Waals surface area contributed by atoms with Gasteiger partial charge in [0.25, 0.3) is 0 Å². The number of fused-ring (bicyclic) bond motifs is 5. The van der Waals surface area contributed by atoms with Gasteiger partial charge in [0.1, 0.15) is 11.2 Å². The minimum atomic E-state index is 0.555. The first-order valence-electron chi connectivity index (χ1n) is 17.1. The summed E-state index contributed by atoms with van der Waals surface area (Å²) >= 11 is 0. The fourth-order valence-corrected chi connectivity index (χ4v) is 7.31. The highest BCUT2D eigenvalue weighted by Gasteiger charge is 2.22. The maximum absolute atomic E-state index is 6.53. The Morgan fingerprint density at radius 2 is 0.941 bits per heavy atom. The summed E-state index contributed by atoms with van der Waals surface area (Å²) in [5.74, 6) is 1.76. The van der Waals surface area contributed by atoms with Gasteiger partial charge in [-0.25, -0.2) is 15.0 Å². The van der Waals surface area contributed by atoms with Crippen LogP contribution in [0.25, 0.3) is 99.9 Å². The predicted octanol–water partition coefficient (Wildman–Crippen LogP) is 12.4. The largest absolute Gasteiger partial charge is 0.455 e. The predicted molar refractivity (Wildman–Crippen MR) is 209 cm³/mol. The van der Waals surface area contributed by atoms with Gasteiger partial charge >= 0.3 is 0 Å². The smallest absolute Gasteiger partial charge is 0.167 e. The number of hydrogen-bond acceptors (Lipinski definition) is 4. The van der Waals surface area contributed by atoms with E-state index in [9.17, 15) is 0 Å². The molecule has 0 bridgehead atoms. The summed E-state index contributed by atoms with van der Waals surface area (Å²) in [4.78, 5) is 15.9. The molecule has 0 amide bonds. The molecule has 0 unspecified atom stereocenters. The number of furan rings is 1. The average molecular weight is 652 g/mol. The fourth-order valence-electron chi connectivity index (χ4n) is 7.31. The van der Waals surface area contributed by atoms with Gasteiger partial charge in [-0.05, 0) is 62.0 Å². The van der Waals surface area contributed by atoms with E-state index in [1.807, 2.05) is 30.3 Å². The molecule has 4 heteroatoms. The molecule has 0 saturated carbocycles. The molecule has 0 aliphatic heterocycles. The average Bonchev–Trinajstić information content (AvgIpc) is 3.59. The van der Waals surface area contributed by atoms with Gasteiger partial charge in [0.2, 0.25) is 0 Å². The Bertz CT molecular complexity index is 2930. The van der Waals surface area contributed by atoms with Crippen molar-refractivity contribution in [1.29, 1.82) is 0 Å². The second kappa shape index (κ2) is 11.9. The Morgan fingerprint density at radius 3 is 1.80 bits per heavy atom. The third-order valence-corrected chi connectivity index (χ3v) is 9.75. The summed E-state index contributed by atoms with van der Waals surface area (Å²) in [5.41, 5.74) is 8.59. The lowest BCUT2D eigenvalue weighted by atomic mass is 9.93. The molecule has 0 spiro atoms. The Labute approximate surface area is 294 Å². The highest BCUT2D eigenvalue weighted by molar-refractivity contribution is 6.09. The van der Waals surface area contributed by atoms with Crippen molar-refractivity contribution in [1.82, 2.24) is 15.0 Å². The highest BCUT2D eigenvalue weighted by Crippen LogP contribution is 2.41. The molecular formula is C47H29N3O. The monoisotopic (exact) mass is 651 g/mol. The maximum Gasteiger partial charge on any atom is 0.167 e. The molecule has 0 radical (unpaired) electrons. The quantitative estimate of drug-likeness (QED) is 0.186. The van der Waals surface area contributed by atoms with Crippen molar-refractivity contribution in [2.24, 2.45) is 0 Å². The molecule has 0 N–H and O–H groups in total. The van der Waals surface area contributed by atoms with Crippen LogP contribution in [0.4, 0.5) is 0 Å². The van der Waals surface area contributed by atoms with Crippen LogP contribution in [0, 0.1) is 0 Å². The van der Waals surface area contributed by atoms with Crippen molar-refractivity contribution < 1.29 is 4.42 Å². The molecule has 0 saturated heterocycles. The van der Waals surface area contributed by atoms with Crippen LogP contribution in [0.15, 0.2) is 180 Å². The molecule has 2 heterocycles. The number of aromatic nitrogens is 3. The Balaban J connectivity index is 1.28. The van der Waals surface area contributed by atoms with Gasteiger partial charge in [0, 0.05) is 21.9 Å². The van der Waals surface area contributed by atoms with Crippen LogP contribution >= 0.6 is 0 Å². The van der Waals surface area contributed by atoms with E-state index < -0.39 is 0 Å². The van der Waals surface area contributed by atoms with Crippen LogP contribution in [-0.2, 0) is 0 Å². The van der Waals surface area contributed by atoms with Crippen molar-refractivity contribution >= 4 is 43.5 Å². The van der Waals surface area contributed by atoms with E-state index in [4.69, 9.17) is 19.4 Å². The van der Waals surface area contributed by atoms with E-state index in [-0.39, 0.29) is 0 Å². The van der Waals surface area contributed by atoms with Gasteiger partial charge in [-0.1, -0.05) is 158 Å². The number of benzene rings is 8. The summed E-state index contributed by atoms with van der Waals surface area (Å²) < 4.78 is 6.53. The van der Waals surface area contributed by atoms with E-state index in [1.165, 1.54) is 10.8 Å². The van der Waals surface area contributed by atoms with Gasteiger partial charge in [-0.3, -0.25) is 0 Å². The van der Waals surface area contributed by atoms with Gasteiger partial charge in [-0.15, -0.1) is 0 Å².